The molecule has 0 radical (unpaired) electrons. The summed E-state index contributed by atoms with van der Waals surface area (Å²) < 4.78 is 36.8. The number of halogens is 3. The summed E-state index contributed by atoms with van der Waals surface area (Å²) in [5, 5.41) is 5.96. The molecule has 2 N–H and O–H groups in total. The molecule has 8 heteroatoms. The fourth-order valence-corrected chi connectivity index (χ4v) is 2.28. The van der Waals surface area contributed by atoms with E-state index in [0.29, 0.717) is 22.2 Å². The Labute approximate surface area is 142 Å². The molecule has 0 saturated heterocycles. The van der Waals surface area contributed by atoms with E-state index < -0.39 is 11.6 Å². The van der Waals surface area contributed by atoms with Gasteiger partial charge < -0.3 is 20.1 Å². The summed E-state index contributed by atoms with van der Waals surface area (Å²) in [6, 6.07) is 6.29. The van der Waals surface area contributed by atoms with Gasteiger partial charge in [0.15, 0.2) is 5.11 Å². The molecule has 4 nitrogen and oxygen atoms in total. The van der Waals surface area contributed by atoms with E-state index in [4.69, 9.17) is 33.3 Å². The van der Waals surface area contributed by atoms with Crippen LogP contribution in [-0.4, -0.2) is 19.3 Å². The first-order valence-electron chi connectivity index (χ1n) is 6.39. The van der Waals surface area contributed by atoms with Crippen LogP contribution in [0.25, 0.3) is 0 Å². The highest BCUT2D eigenvalue weighted by Gasteiger charge is 2.12. The Morgan fingerprint density at radius 2 is 1.65 bits per heavy atom. The molecule has 0 spiro atoms. The zero-order valence-corrected chi connectivity index (χ0v) is 13.8. The van der Waals surface area contributed by atoms with Gasteiger partial charge in [0, 0.05) is 18.2 Å². The van der Waals surface area contributed by atoms with Crippen molar-refractivity contribution in [3.63, 3.8) is 0 Å². The monoisotopic (exact) mass is 358 g/mol. The van der Waals surface area contributed by atoms with Gasteiger partial charge in [-0.1, -0.05) is 11.6 Å². The predicted octanol–water partition coefficient (Wildman–Crippen LogP) is 4.44. The molecule has 2 aromatic rings. The van der Waals surface area contributed by atoms with Crippen LogP contribution in [-0.2, 0) is 0 Å². The molecule has 0 aromatic heterocycles. The largest absolute Gasteiger partial charge is 0.495 e. The Hall–Kier alpha value is -2.12. The molecule has 0 heterocycles. The zero-order valence-electron chi connectivity index (χ0n) is 12.2. The van der Waals surface area contributed by atoms with E-state index in [-0.39, 0.29) is 10.8 Å². The molecule has 0 saturated carbocycles. The number of ether oxygens (including phenoxy) is 2. The second-order valence-electron chi connectivity index (χ2n) is 4.39. The molecule has 0 aliphatic carbocycles. The lowest BCUT2D eigenvalue weighted by atomic mass is 10.2. The lowest BCUT2D eigenvalue weighted by molar-refractivity contribution is 0.405. The first-order chi connectivity index (χ1) is 10.9. The van der Waals surface area contributed by atoms with Gasteiger partial charge >= 0.3 is 0 Å². The maximum atomic E-state index is 13.6. The average molecular weight is 359 g/mol. The van der Waals surface area contributed by atoms with Gasteiger partial charge in [0.1, 0.15) is 23.1 Å². The standard InChI is InChI=1S/C15H13ClF2N2O2S/c1-21-13-7-12(14(22-2)6-9(13)16)20-15(23)19-11-4-3-8(17)5-10(11)18/h3-7H,1-2H3,(H2,19,20,23). The SMILES string of the molecule is COc1cc(NC(=S)Nc2ccc(F)cc2F)c(OC)cc1Cl. The van der Waals surface area contributed by atoms with Gasteiger partial charge in [0.2, 0.25) is 0 Å². The molecule has 0 fully saturated rings. The van der Waals surface area contributed by atoms with Crippen LogP contribution in [0.5, 0.6) is 11.5 Å². The number of benzene rings is 2. The maximum Gasteiger partial charge on any atom is 0.175 e. The Bertz CT molecular complexity index is 744. The van der Waals surface area contributed by atoms with Gasteiger partial charge in [-0.2, -0.15) is 0 Å². The first kappa shape index (κ1) is 17.2. The summed E-state index contributed by atoms with van der Waals surface area (Å²) in [5.41, 5.74) is 0.526. The van der Waals surface area contributed by atoms with Crippen molar-refractivity contribution in [1.29, 1.82) is 0 Å². The van der Waals surface area contributed by atoms with Crippen LogP contribution in [0.15, 0.2) is 30.3 Å². The summed E-state index contributed by atoms with van der Waals surface area (Å²) in [6.45, 7) is 0. The van der Waals surface area contributed by atoms with Gasteiger partial charge in [-0.3, -0.25) is 0 Å². The summed E-state index contributed by atoms with van der Waals surface area (Å²) in [6.07, 6.45) is 0. The number of hydrogen-bond donors (Lipinski definition) is 2. The third-order valence-electron chi connectivity index (χ3n) is 2.90. The van der Waals surface area contributed by atoms with Gasteiger partial charge in [-0.05, 0) is 24.4 Å². The molecule has 0 aliphatic heterocycles. The van der Waals surface area contributed by atoms with Crippen molar-refractivity contribution in [2.75, 3.05) is 24.9 Å². The first-order valence-corrected chi connectivity index (χ1v) is 7.17. The minimum atomic E-state index is -0.755. The summed E-state index contributed by atoms with van der Waals surface area (Å²) in [5.74, 6) is -0.573. The Morgan fingerprint density at radius 1 is 1.00 bits per heavy atom. The van der Waals surface area contributed by atoms with E-state index in [1.165, 1.54) is 20.3 Å². The molecular formula is C15H13ClF2N2O2S. The fraction of sp³-hybridized carbons (Fsp3) is 0.133. The second kappa shape index (κ2) is 7.43. The third-order valence-corrected chi connectivity index (χ3v) is 3.40. The molecular weight excluding hydrogens is 346 g/mol. The van der Waals surface area contributed by atoms with E-state index in [9.17, 15) is 8.78 Å². The normalized spacial score (nSPS) is 10.1. The topological polar surface area (TPSA) is 42.5 Å². The predicted molar refractivity (Wildman–Crippen MR) is 90.8 cm³/mol. The van der Waals surface area contributed by atoms with Gasteiger partial charge in [-0.25, -0.2) is 8.78 Å². The van der Waals surface area contributed by atoms with Crippen molar-refractivity contribution >= 4 is 40.3 Å². The van der Waals surface area contributed by atoms with Crippen molar-refractivity contribution in [2.45, 2.75) is 0 Å². The number of nitrogens with one attached hydrogen (secondary N) is 2. The Morgan fingerprint density at radius 3 is 2.26 bits per heavy atom. The number of thiocarbonyl (C=S) groups is 1. The van der Waals surface area contributed by atoms with E-state index in [1.807, 2.05) is 0 Å². The molecule has 2 aromatic carbocycles. The van der Waals surface area contributed by atoms with Gasteiger partial charge in [0.05, 0.1) is 30.6 Å². The highest BCUT2D eigenvalue weighted by atomic mass is 35.5. The van der Waals surface area contributed by atoms with Crippen LogP contribution in [0.4, 0.5) is 20.2 Å². The molecule has 2 rings (SSSR count). The van der Waals surface area contributed by atoms with Crippen LogP contribution in [0, 0.1) is 11.6 Å². The van der Waals surface area contributed by atoms with Gasteiger partial charge in [-0.15, -0.1) is 0 Å². The van der Waals surface area contributed by atoms with E-state index in [1.54, 1.807) is 12.1 Å². The second-order valence-corrected chi connectivity index (χ2v) is 5.21. The molecule has 23 heavy (non-hydrogen) atoms. The summed E-state index contributed by atoms with van der Waals surface area (Å²) in [7, 11) is 2.95. The molecule has 0 amide bonds. The summed E-state index contributed by atoms with van der Waals surface area (Å²) >= 11 is 11.1. The smallest absolute Gasteiger partial charge is 0.175 e. The number of rotatable bonds is 4. The van der Waals surface area contributed by atoms with E-state index >= 15 is 0 Å². The van der Waals surface area contributed by atoms with Crippen molar-refractivity contribution in [3.8, 4) is 11.5 Å². The van der Waals surface area contributed by atoms with Crippen molar-refractivity contribution in [3.05, 3.63) is 47.0 Å². The molecule has 0 aliphatic rings. The minimum absolute atomic E-state index is 0.0452. The maximum absolute atomic E-state index is 13.6. The number of hydrogen-bond acceptors (Lipinski definition) is 3. The van der Waals surface area contributed by atoms with E-state index in [2.05, 4.69) is 10.6 Å². The quantitative estimate of drug-likeness (QED) is 0.791. The number of methoxy groups -OCH3 is 2. The number of anilines is 2. The highest BCUT2D eigenvalue weighted by molar-refractivity contribution is 7.80. The van der Waals surface area contributed by atoms with Crippen molar-refractivity contribution in [1.82, 2.24) is 0 Å². The Balaban J connectivity index is 2.19. The minimum Gasteiger partial charge on any atom is -0.495 e. The molecule has 0 bridgehead atoms. The zero-order chi connectivity index (χ0) is 17.0. The molecule has 0 unspecified atom stereocenters. The average Bonchev–Trinajstić information content (AvgIpc) is 2.51. The molecule has 0 atom stereocenters. The van der Waals surface area contributed by atoms with E-state index in [0.717, 1.165) is 12.1 Å². The van der Waals surface area contributed by atoms with Crippen LogP contribution in [0.1, 0.15) is 0 Å². The van der Waals surface area contributed by atoms with Crippen LogP contribution in [0.3, 0.4) is 0 Å². The van der Waals surface area contributed by atoms with Crippen LogP contribution >= 0.6 is 23.8 Å². The van der Waals surface area contributed by atoms with Crippen molar-refractivity contribution in [2.24, 2.45) is 0 Å². The fourth-order valence-electron chi connectivity index (χ4n) is 1.82. The van der Waals surface area contributed by atoms with Gasteiger partial charge in [0.25, 0.3) is 0 Å². The summed E-state index contributed by atoms with van der Waals surface area (Å²) in [4.78, 5) is 0. The van der Waals surface area contributed by atoms with Crippen molar-refractivity contribution < 1.29 is 18.3 Å². The third kappa shape index (κ3) is 4.20. The molecule has 122 valence electrons. The lowest BCUT2D eigenvalue weighted by Gasteiger charge is -2.15. The highest BCUT2D eigenvalue weighted by Crippen LogP contribution is 2.35. The van der Waals surface area contributed by atoms with Crippen LogP contribution < -0.4 is 20.1 Å². The Kier molecular flexibility index (Phi) is 5.57. The lowest BCUT2D eigenvalue weighted by Crippen LogP contribution is -2.20. The van der Waals surface area contributed by atoms with Crippen LogP contribution in [0.2, 0.25) is 5.02 Å².